The van der Waals surface area contributed by atoms with Crippen LogP contribution >= 0.6 is 0 Å². The fourth-order valence-corrected chi connectivity index (χ4v) is 2.02. The zero-order valence-corrected chi connectivity index (χ0v) is 10.2. The van der Waals surface area contributed by atoms with Crippen molar-refractivity contribution in [2.24, 2.45) is 0 Å². The molecule has 1 heterocycles. The van der Waals surface area contributed by atoms with Crippen molar-refractivity contribution in [2.75, 3.05) is 5.73 Å². The standard InChI is InChI=1S/C15H18N2/c1-2-4-12-5-3-6-13(9-12)10-14-7-8-17-15(16)11-14/h3,5-9,11H,2,4,10H2,1H3,(H2,16,17). The molecular weight excluding hydrogens is 208 g/mol. The van der Waals surface area contributed by atoms with Gasteiger partial charge in [0.1, 0.15) is 5.82 Å². The summed E-state index contributed by atoms with van der Waals surface area (Å²) in [6, 6.07) is 12.7. The molecule has 0 saturated heterocycles. The molecule has 0 atom stereocenters. The van der Waals surface area contributed by atoms with Crippen molar-refractivity contribution < 1.29 is 0 Å². The number of nitrogens with two attached hydrogens (primary N) is 1. The van der Waals surface area contributed by atoms with E-state index in [4.69, 9.17) is 5.73 Å². The minimum atomic E-state index is 0.590. The van der Waals surface area contributed by atoms with Gasteiger partial charge >= 0.3 is 0 Å². The van der Waals surface area contributed by atoms with Crippen LogP contribution in [0.3, 0.4) is 0 Å². The first-order valence-corrected chi connectivity index (χ1v) is 6.06. The second-order valence-corrected chi connectivity index (χ2v) is 4.34. The third-order valence-electron chi connectivity index (χ3n) is 2.78. The van der Waals surface area contributed by atoms with Gasteiger partial charge in [-0.05, 0) is 41.7 Å². The summed E-state index contributed by atoms with van der Waals surface area (Å²) in [5.74, 6) is 0.590. The first-order chi connectivity index (χ1) is 8.28. The van der Waals surface area contributed by atoms with Crippen LogP contribution in [0.2, 0.25) is 0 Å². The molecule has 2 aromatic rings. The van der Waals surface area contributed by atoms with Gasteiger partial charge in [0, 0.05) is 6.20 Å². The van der Waals surface area contributed by atoms with Crippen molar-refractivity contribution in [3.63, 3.8) is 0 Å². The molecule has 2 nitrogen and oxygen atoms in total. The highest BCUT2D eigenvalue weighted by atomic mass is 14.8. The Morgan fingerprint density at radius 3 is 2.59 bits per heavy atom. The first-order valence-electron chi connectivity index (χ1n) is 6.06. The maximum absolute atomic E-state index is 5.68. The van der Waals surface area contributed by atoms with Crippen LogP contribution in [0.25, 0.3) is 0 Å². The average molecular weight is 226 g/mol. The Labute approximate surface area is 103 Å². The van der Waals surface area contributed by atoms with Gasteiger partial charge in [0.05, 0.1) is 0 Å². The van der Waals surface area contributed by atoms with Crippen molar-refractivity contribution >= 4 is 5.82 Å². The molecule has 0 aliphatic carbocycles. The lowest BCUT2D eigenvalue weighted by Gasteiger charge is -2.05. The SMILES string of the molecule is CCCc1cccc(Cc2ccnc(N)c2)c1. The third-order valence-corrected chi connectivity index (χ3v) is 2.78. The second-order valence-electron chi connectivity index (χ2n) is 4.34. The number of aryl methyl sites for hydroxylation is 1. The minimum Gasteiger partial charge on any atom is -0.384 e. The van der Waals surface area contributed by atoms with Gasteiger partial charge in [-0.3, -0.25) is 0 Å². The van der Waals surface area contributed by atoms with E-state index in [0.717, 1.165) is 12.8 Å². The number of benzene rings is 1. The van der Waals surface area contributed by atoms with Crippen LogP contribution in [-0.4, -0.2) is 4.98 Å². The molecule has 0 amide bonds. The van der Waals surface area contributed by atoms with Crippen LogP contribution in [0.1, 0.15) is 30.0 Å². The molecular formula is C15H18N2. The van der Waals surface area contributed by atoms with Crippen molar-refractivity contribution in [1.82, 2.24) is 4.98 Å². The van der Waals surface area contributed by atoms with Crippen molar-refractivity contribution in [3.05, 3.63) is 59.3 Å². The summed E-state index contributed by atoms with van der Waals surface area (Å²) in [6.45, 7) is 2.20. The Morgan fingerprint density at radius 2 is 1.82 bits per heavy atom. The number of pyridine rings is 1. The predicted molar refractivity (Wildman–Crippen MR) is 71.9 cm³/mol. The number of hydrogen-bond acceptors (Lipinski definition) is 2. The molecule has 0 saturated carbocycles. The molecule has 0 aliphatic heterocycles. The molecule has 1 aromatic carbocycles. The van der Waals surface area contributed by atoms with Crippen LogP contribution < -0.4 is 5.73 Å². The number of nitrogens with zero attached hydrogens (tertiary/aromatic N) is 1. The molecule has 0 unspecified atom stereocenters. The average Bonchev–Trinajstić information content (AvgIpc) is 2.30. The molecule has 0 fully saturated rings. The second kappa shape index (κ2) is 5.48. The highest BCUT2D eigenvalue weighted by molar-refractivity contribution is 5.35. The molecule has 0 radical (unpaired) electrons. The van der Waals surface area contributed by atoms with E-state index in [0.29, 0.717) is 5.82 Å². The number of anilines is 1. The monoisotopic (exact) mass is 226 g/mol. The topological polar surface area (TPSA) is 38.9 Å². The van der Waals surface area contributed by atoms with E-state index in [-0.39, 0.29) is 0 Å². The zero-order valence-electron chi connectivity index (χ0n) is 10.2. The van der Waals surface area contributed by atoms with E-state index in [2.05, 4.69) is 36.2 Å². The number of rotatable bonds is 4. The lowest BCUT2D eigenvalue weighted by atomic mass is 10.0. The molecule has 17 heavy (non-hydrogen) atoms. The maximum Gasteiger partial charge on any atom is 0.123 e. The molecule has 0 spiro atoms. The van der Waals surface area contributed by atoms with E-state index >= 15 is 0 Å². The van der Waals surface area contributed by atoms with Crippen LogP contribution in [-0.2, 0) is 12.8 Å². The molecule has 2 N–H and O–H groups in total. The molecule has 88 valence electrons. The molecule has 0 bridgehead atoms. The Kier molecular flexibility index (Phi) is 3.76. The van der Waals surface area contributed by atoms with E-state index < -0.39 is 0 Å². The molecule has 1 aromatic heterocycles. The summed E-state index contributed by atoms with van der Waals surface area (Å²) < 4.78 is 0. The van der Waals surface area contributed by atoms with E-state index in [1.807, 2.05) is 12.1 Å². The maximum atomic E-state index is 5.68. The fraction of sp³-hybridized carbons (Fsp3) is 0.267. The van der Waals surface area contributed by atoms with Gasteiger partial charge < -0.3 is 5.73 Å². The van der Waals surface area contributed by atoms with E-state index in [9.17, 15) is 0 Å². The predicted octanol–water partition coefficient (Wildman–Crippen LogP) is 3.21. The largest absolute Gasteiger partial charge is 0.384 e. The molecule has 0 aliphatic rings. The number of nitrogen functional groups attached to an aromatic ring is 1. The summed E-state index contributed by atoms with van der Waals surface area (Å²) in [5, 5.41) is 0. The van der Waals surface area contributed by atoms with Crippen molar-refractivity contribution in [3.8, 4) is 0 Å². The van der Waals surface area contributed by atoms with Gasteiger partial charge in [-0.1, -0.05) is 37.6 Å². The molecule has 2 heteroatoms. The van der Waals surface area contributed by atoms with Gasteiger partial charge in [-0.15, -0.1) is 0 Å². The van der Waals surface area contributed by atoms with Crippen LogP contribution in [0.5, 0.6) is 0 Å². The quantitative estimate of drug-likeness (QED) is 0.869. The van der Waals surface area contributed by atoms with Gasteiger partial charge in [0.15, 0.2) is 0 Å². The zero-order chi connectivity index (χ0) is 12.1. The Bertz CT molecular complexity index is 492. The van der Waals surface area contributed by atoms with Crippen molar-refractivity contribution in [2.45, 2.75) is 26.2 Å². The fourth-order valence-electron chi connectivity index (χ4n) is 2.02. The number of hydrogen-bond donors (Lipinski definition) is 1. The van der Waals surface area contributed by atoms with Crippen molar-refractivity contribution in [1.29, 1.82) is 0 Å². The summed E-state index contributed by atoms with van der Waals surface area (Å²) in [7, 11) is 0. The van der Waals surface area contributed by atoms with Gasteiger partial charge in [-0.25, -0.2) is 4.98 Å². The highest BCUT2D eigenvalue weighted by Crippen LogP contribution is 2.13. The summed E-state index contributed by atoms with van der Waals surface area (Å²) in [5.41, 5.74) is 9.64. The van der Waals surface area contributed by atoms with E-state index in [1.54, 1.807) is 6.20 Å². The van der Waals surface area contributed by atoms with Gasteiger partial charge in [0.2, 0.25) is 0 Å². The van der Waals surface area contributed by atoms with Crippen LogP contribution in [0.4, 0.5) is 5.82 Å². The van der Waals surface area contributed by atoms with E-state index in [1.165, 1.54) is 23.1 Å². The Morgan fingerprint density at radius 1 is 1.06 bits per heavy atom. The smallest absolute Gasteiger partial charge is 0.123 e. The summed E-state index contributed by atoms with van der Waals surface area (Å²) in [6.07, 6.45) is 5.02. The normalized spacial score (nSPS) is 10.4. The first kappa shape index (κ1) is 11.6. The lowest BCUT2D eigenvalue weighted by Crippen LogP contribution is -1.94. The lowest BCUT2D eigenvalue weighted by molar-refractivity contribution is 0.918. The highest BCUT2D eigenvalue weighted by Gasteiger charge is 1.99. The Hall–Kier alpha value is -1.83. The van der Waals surface area contributed by atoms with Crippen LogP contribution in [0, 0.1) is 0 Å². The van der Waals surface area contributed by atoms with Gasteiger partial charge in [0.25, 0.3) is 0 Å². The third kappa shape index (κ3) is 3.31. The summed E-state index contributed by atoms with van der Waals surface area (Å²) in [4.78, 5) is 4.01. The number of aromatic nitrogens is 1. The minimum absolute atomic E-state index is 0.590. The van der Waals surface area contributed by atoms with Gasteiger partial charge in [-0.2, -0.15) is 0 Å². The molecule has 2 rings (SSSR count). The Balaban J connectivity index is 2.15. The summed E-state index contributed by atoms with van der Waals surface area (Å²) >= 11 is 0. The van der Waals surface area contributed by atoms with Crippen LogP contribution in [0.15, 0.2) is 42.6 Å².